The minimum atomic E-state index is -3.12. The van der Waals surface area contributed by atoms with E-state index in [1.807, 2.05) is 6.07 Å². The fourth-order valence-corrected chi connectivity index (χ4v) is 6.19. The van der Waals surface area contributed by atoms with Crippen LogP contribution in [0.5, 0.6) is 0 Å². The van der Waals surface area contributed by atoms with Crippen molar-refractivity contribution in [2.45, 2.75) is 44.2 Å². The average molecular weight is 468 g/mol. The van der Waals surface area contributed by atoms with E-state index in [4.69, 9.17) is 10.7 Å². The molecule has 2 aromatic heterocycles. The number of nitrogens with zero attached hydrogens (tertiary/aromatic N) is 3. The van der Waals surface area contributed by atoms with Gasteiger partial charge in [0.1, 0.15) is 6.04 Å². The van der Waals surface area contributed by atoms with Crippen LogP contribution in [0.1, 0.15) is 64.6 Å². The Hall–Kier alpha value is -3.27. The molecule has 1 saturated carbocycles. The molecule has 0 bridgehead atoms. The van der Waals surface area contributed by atoms with Crippen LogP contribution >= 0.6 is 0 Å². The number of fused-ring (bicyclic) bond motifs is 1. The Labute approximate surface area is 191 Å². The Balaban J connectivity index is 1.59. The molecule has 2 atom stereocenters. The van der Waals surface area contributed by atoms with Crippen molar-refractivity contribution in [3.8, 4) is 0 Å². The molecule has 0 radical (unpaired) electrons. The normalized spacial score (nSPS) is 20.6. The van der Waals surface area contributed by atoms with Crippen LogP contribution in [0.25, 0.3) is 11.0 Å². The standard InChI is InChI=1S/C23H25N5O4S/c1-13-19-17(23(30)26-20(21(24)29)15-5-3-2-4-6-15)11-18(14-7-8-14)25-22(19)28(27-13)16-9-10-33(31,32)12-16/h2-6,11,14,16,20H,7-10,12H2,1H3,(H2,24,29)(H,26,30). The monoisotopic (exact) mass is 467 g/mol. The molecule has 2 fully saturated rings. The number of carbonyl (C=O) groups is 2. The van der Waals surface area contributed by atoms with E-state index in [-0.39, 0.29) is 23.5 Å². The van der Waals surface area contributed by atoms with E-state index in [1.165, 1.54) is 0 Å². The number of rotatable bonds is 6. The number of benzene rings is 1. The van der Waals surface area contributed by atoms with Gasteiger partial charge in [-0.1, -0.05) is 30.3 Å². The summed E-state index contributed by atoms with van der Waals surface area (Å²) in [6.45, 7) is 1.78. The number of nitrogens with two attached hydrogens (primary N) is 1. The van der Waals surface area contributed by atoms with E-state index < -0.39 is 27.7 Å². The minimum Gasteiger partial charge on any atom is -0.368 e. The predicted molar refractivity (Wildman–Crippen MR) is 122 cm³/mol. The van der Waals surface area contributed by atoms with Crippen molar-refractivity contribution in [1.82, 2.24) is 20.1 Å². The molecule has 2 aliphatic rings. The molecule has 2 unspecified atom stereocenters. The van der Waals surface area contributed by atoms with Gasteiger partial charge in [0.25, 0.3) is 5.91 Å². The lowest BCUT2D eigenvalue weighted by Gasteiger charge is -2.17. The summed E-state index contributed by atoms with van der Waals surface area (Å²) < 4.78 is 25.8. The first kappa shape index (κ1) is 21.6. The Morgan fingerprint density at radius 1 is 1.18 bits per heavy atom. The van der Waals surface area contributed by atoms with E-state index in [0.29, 0.717) is 34.3 Å². The third kappa shape index (κ3) is 4.10. The lowest BCUT2D eigenvalue weighted by molar-refractivity contribution is -0.120. The highest BCUT2D eigenvalue weighted by Crippen LogP contribution is 2.41. The van der Waals surface area contributed by atoms with Crippen molar-refractivity contribution in [2.75, 3.05) is 11.5 Å². The molecule has 33 heavy (non-hydrogen) atoms. The van der Waals surface area contributed by atoms with Crippen LogP contribution in [-0.4, -0.2) is 46.5 Å². The molecule has 3 heterocycles. The second-order valence-electron chi connectivity index (χ2n) is 8.87. The average Bonchev–Trinajstić information content (AvgIpc) is 3.50. The smallest absolute Gasteiger partial charge is 0.253 e. The van der Waals surface area contributed by atoms with Gasteiger partial charge in [-0.15, -0.1) is 0 Å². The van der Waals surface area contributed by atoms with Gasteiger partial charge in [0.05, 0.1) is 34.2 Å². The third-order valence-electron chi connectivity index (χ3n) is 6.34. The van der Waals surface area contributed by atoms with E-state index in [9.17, 15) is 18.0 Å². The van der Waals surface area contributed by atoms with E-state index in [2.05, 4.69) is 10.4 Å². The molecule has 2 amide bonds. The fraction of sp³-hybridized carbons (Fsp3) is 0.391. The molecule has 1 aliphatic heterocycles. The SMILES string of the molecule is Cc1nn(C2CCS(=O)(=O)C2)c2nc(C3CC3)cc(C(=O)NC(C(N)=O)c3ccccc3)c12. The van der Waals surface area contributed by atoms with Gasteiger partial charge in [-0.2, -0.15) is 5.10 Å². The molecule has 3 aromatic rings. The number of amides is 2. The topological polar surface area (TPSA) is 137 Å². The van der Waals surface area contributed by atoms with Gasteiger partial charge in [-0.05, 0) is 37.8 Å². The lowest BCUT2D eigenvalue weighted by Crippen LogP contribution is -2.37. The molecule has 5 rings (SSSR count). The summed E-state index contributed by atoms with van der Waals surface area (Å²) in [4.78, 5) is 30.4. The van der Waals surface area contributed by atoms with Crippen LogP contribution in [-0.2, 0) is 14.6 Å². The summed E-state index contributed by atoms with van der Waals surface area (Å²) in [5.74, 6) is -0.717. The predicted octanol–water partition coefficient (Wildman–Crippen LogP) is 1.93. The lowest BCUT2D eigenvalue weighted by atomic mass is 10.0. The number of hydrogen-bond acceptors (Lipinski definition) is 6. The summed E-state index contributed by atoms with van der Waals surface area (Å²) in [5.41, 5.74) is 8.44. The first-order chi connectivity index (χ1) is 15.7. The molecule has 10 heteroatoms. The largest absolute Gasteiger partial charge is 0.368 e. The van der Waals surface area contributed by atoms with Gasteiger partial charge in [0.15, 0.2) is 15.5 Å². The van der Waals surface area contributed by atoms with E-state index >= 15 is 0 Å². The van der Waals surface area contributed by atoms with Crippen LogP contribution in [0.2, 0.25) is 0 Å². The number of primary amides is 1. The Morgan fingerprint density at radius 2 is 1.91 bits per heavy atom. The van der Waals surface area contributed by atoms with Crippen molar-refractivity contribution < 1.29 is 18.0 Å². The molecule has 1 saturated heterocycles. The van der Waals surface area contributed by atoms with Gasteiger partial charge in [-0.25, -0.2) is 18.1 Å². The highest BCUT2D eigenvalue weighted by molar-refractivity contribution is 7.91. The maximum Gasteiger partial charge on any atom is 0.253 e. The van der Waals surface area contributed by atoms with Crippen molar-refractivity contribution in [1.29, 1.82) is 0 Å². The molecular weight excluding hydrogens is 442 g/mol. The first-order valence-electron chi connectivity index (χ1n) is 11.0. The zero-order valence-corrected chi connectivity index (χ0v) is 19.0. The Morgan fingerprint density at radius 3 is 2.52 bits per heavy atom. The first-order valence-corrected chi connectivity index (χ1v) is 12.8. The summed E-state index contributed by atoms with van der Waals surface area (Å²) >= 11 is 0. The molecule has 0 spiro atoms. The highest BCUT2D eigenvalue weighted by atomic mass is 32.2. The van der Waals surface area contributed by atoms with Crippen LogP contribution in [0.3, 0.4) is 0 Å². The number of aryl methyl sites for hydroxylation is 1. The maximum absolute atomic E-state index is 13.4. The van der Waals surface area contributed by atoms with Crippen LogP contribution in [0.4, 0.5) is 0 Å². The fourth-order valence-electron chi connectivity index (χ4n) is 4.50. The number of hydrogen-bond donors (Lipinski definition) is 2. The van der Waals surface area contributed by atoms with Gasteiger partial charge in [-0.3, -0.25) is 9.59 Å². The molecule has 172 valence electrons. The molecule has 1 aliphatic carbocycles. The zero-order chi connectivity index (χ0) is 23.3. The molecular formula is C23H25N5O4S. The van der Waals surface area contributed by atoms with Crippen molar-refractivity contribution in [3.05, 3.63) is 58.9 Å². The van der Waals surface area contributed by atoms with Crippen LogP contribution < -0.4 is 11.1 Å². The van der Waals surface area contributed by atoms with Gasteiger partial charge < -0.3 is 11.1 Å². The number of nitrogens with one attached hydrogen (secondary N) is 1. The van der Waals surface area contributed by atoms with Gasteiger partial charge in [0, 0.05) is 11.6 Å². The Kier molecular flexibility index (Phi) is 5.19. The molecule has 9 nitrogen and oxygen atoms in total. The van der Waals surface area contributed by atoms with Crippen molar-refractivity contribution in [2.24, 2.45) is 5.73 Å². The second kappa shape index (κ2) is 7.95. The van der Waals surface area contributed by atoms with Gasteiger partial charge in [0.2, 0.25) is 5.91 Å². The summed E-state index contributed by atoms with van der Waals surface area (Å²) in [5, 5.41) is 7.93. The van der Waals surface area contributed by atoms with Crippen LogP contribution in [0, 0.1) is 6.92 Å². The number of sulfone groups is 1. The summed E-state index contributed by atoms with van der Waals surface area (Å²) in [6.07, 6.45) is 2.43. The number of carbonyl (C=O) groups excluding carboxylic acids is 2. The highest BCUT2D eigenvalue weighted by Gasteiger charge is 2.34. The van der Waals surface area contributed by atoms with Crippen LogP contribution in [0.15, 0.2) is 36.4 Å². The summed E-state index contributed by atoms with van der Waals surface area (Å²) in [7, 11) is -3.12. The molecule has 1 aromatic carbocycles. The molecule has 3 N–H and O–H groups in total. The van der Waals surface area contributed by atoms with Crippen molar-refractivity contribution in [3.63, 3.8) is 0 Å². The zero-order valence-electron chi connectivity index (χ0n) is 18.2. The Bertz CT molecular complexity index is 1360. The quantitative estimate of drug-likeness (QED) is 0.568. The van der Waals surface area contributed by atoms with E-state index in [0.717, 1.165) is 18.5 Å². The maximum atomic E-state index is 13.4. The second-order valence-corrected chi connectivity index (χ2v) is 11.1. The number of pyridine rings is 1. The van der Waals surface area contributed by atoms with Gasteiger partial charge >= 0.3 is 0 Å². The minimum absolute atomic E-state index is 0.0117. The summed E-state index contributed by atoms with van der Waals surface area (Å²) in [6, 6.07) is 9.30. The van der Waals surface area contributed by atoms with E-state index in [1.54, 1.807) is 41.9 Å². The number of aromatic nitrogens is 3. The van der Waals surface area contributed by atoms with Crippen molar-refractivity contribution >= 4 is 32.7 Å². The third-order valence-corrected chi connectivity index (χ3v) is 8.09.